The van der Waals surface area contributed by atoms with E-state index in [1.165, 1.54) is 28.7 Å². The van der Waals surface area contributed by atoms with Gasteiger partial charge in [0, 0.05) is 22.4 Å². The second-order valence-electron chi connectivity index (χ2n) is 7.96. The van der Waals surface area contributed by atoms with Crippen molar-refractivity contribution >= 4 is 52.2 Å². The maximum absolute atomic E-state index is 12.5. The van der Waals surface area contributed by atoms with E-state index in [1.54, 1.807) is 43.1 Å². The summed E-state index contributed by atoms with van der Waals surface area (Å²) < 4.78 is 6.81. The van der Waals surface area contributed by atoms with Crippen LogP contribution in [-0.2, 0) is 10.5 Å². The number of Topliss-reactive ketones (excluding diaryl/α,β-unsaturated/α-hetero) is 1. The van der Waals surface area contributed by atoms with Crippen molar-refractivity contribution in [2.45, 2.75) is 35.2 Å². The van der Waals surface area contributed by atoms with Crippen LogP contribution in [0.4, 0.5) is 5.69 Å². The van der Waals surface area contributed by atoms with Gasteiger partial charge in [-0.15, -0.1) is 10.2 Å². The van der Waals surface area contributed by atoms with E-state index in [9.17, 15) is 9.59 Å². The second kappa shape index (κ2) is 11.0. The zero-order valence-corrected chi connectivity index (χ0v) is 20.8. The number of carbonyl (C=O) groups excluding carboxylic acids is 2. The number of rotatable bonds is 9. The molecule has 3 rings (SSSR count). The lowest BCUT2D eigenvalue weighted by molar-refractivity contribution is -0.123. The van der Waals surface area contributed by atoms with Crippen LogP contribution in [0.2, 0.25) is 0 Å². The first kappa shape index (κ1) is 24.3. The molecule has 0 saturated heterocycles. The molecule has 0 radical (unpaired) electrons. The fraction of sp³-hybridized carbons (Fsp3) is 0.304. The van der Waals surface area contributed by atoms with Crippen LogP contribution >= 0.6 is 34.9 Å². The number of hydrogen-bond acceptors (Lipinski definition) is 8. The second-order valence-corrected chi connectivity index (χ2v) is 11.4. The maximum Gasteiger partial charge on any atom is 0.229 e. The maximum atomic E-state index is 12.5. The minimum absolute atomic E-state index is 0.00586. The van der Waals surface area contributed by atoms with Crippen LogP contribution in [0.5, 0.6) is 5.75 Å². The summed E-state index contributed by atoms with van der Waals surface area (Å²) in [5, 5.41) is 11.2. The molecule has 0 unspecified atom stereocenters. The molecule has 0 spiro atoms. The Hall–Kier alpha value is -2.36. The molecule has 1 N–H and O–H groups in total. The molecule has 2 aromatic carbocycles. The molecule has 0 aliphatic rings. The zero-order chi connectivity index (χ0) is 23.1. The first-order valence-corrected chi connectivity index (χ1v) is 12.7. The molecule has 0 saturated carbocycles. The van der Waals surface area contributed by atoms with Gasteiger partial charge in [0.1, 0.15) is 5.75 Å². The van der Waals surface area contributed by atoms with E-state index in [-0.39, 0.29) is 17.4 Å². The SMILES string of the molecule is COc1ccc(CSc2nnc(SCC(=O)c3ccc(NC(=O)C(C)(C)C)cc3)s2)cc1. The number of nitrogens with one attached hydrogen (secondary N) is 1. The Balaban J connectivity index is 1.47. The van der Waals surface area contributed by atoms with Crippen molar-refractivity contribution in [2.75, 3.05) is 18.2 Å². The molecule has 168 valence electrons. The quantitative estimate of drug-likeness (QED) is 0.302. The summed E-state index contributed by atoms with van der Waals surface area (Å²) in [5.41, 5.74) is 1.98. The van der Waals surface area contributed by atoms with Crippen molar-refractivity contribution in [1.82, 2.24) is 10.2 Å². The number of anilines is 1. The summed E-state index contributed by atoms with van der Waals surface area (Å²) >= 11 is 4.49. The number of carbonyl (C=O) groups is 2. The Morgan fingerprint density at radius 2 is 1.59 bits per heavy atom. The van der Waals surface area contributed by atoms with E-state index in [0.29, 0.717) is 11.3 Å². The van der Waals surface area contributed by atoms with Crippen molar-refractivity contribution in [1.29, 1.82) is 0 Å². The standard InChI is InChI=1S/C23H25N3O3S3/c1-23(2,3)20(28)24-17-9-7-16(8-10-17)19(27)14-31-22-26-25-21(32-22)30-13-15-5-11-18(29-4)12-6-15/h5-12H,13-14H2,1-4H3,(H,24,28). The number of nitrogens with zero attached hydrogens (tertiary/aromatic N) is 2. The predicted molar refractivity (Wildman–Crippen MR) is 132 cm³/mol. The van der Waals surface area contributed by atoms with Crippen LogP contribution in [0.25, 0.3) is 0 Å². The summed E-state index contributed by atoms with van der Waals surface area (Å²) in [7, 11) is 1.65. The monoisotopic (exact) mass is 487 g/mol. The highest BCUT2D eigenvalue weighted by Gasteiger charge is 2.21. The molecule has 0 aliphatic carbocycles. The van der Waals surface area contributed by atoms with Gasteiger partial charge in [-0.2, -0.15) is 0 Å². The summed E-state index contributed by atoms with van der Waals surface area (Å²) in [6, 6.07) is 14.9. The first-order valence-electron chi connectivity index (χ1n) is 9.91. The summed E-state index contributed by atoms with van der Waals surface area (Å²) in [4.78, 5) is 24.6. The molecule has 0 bridgehead atoms. The molecule has 3 aromatic rings. The van der Waals surface area contributed by atoms with E-state index in [1.807, 2.05) is 45.0 Å². The van der Waals surface area contributed by atoms with Crippen molar-refractivity contribution in [3.05, 3.63) is 59.7 Å². The third kappa shape index (κ3) is 7.08. The van der Waals surface area contributed by atoms with E-state index < -0.39 is 5.41 Å². The van der Waals surface area contributed by atoms with Crippen LogP contribution in [0.3, 0.4) is 0 Å². The van der Waals surface area contributed by atoms with Crippen molar-refractivity contribution in [2.24, 2.45) is 5.41 Å². The topological polar surface area (TPSA) is 81.2 Å². The zero-order valence-electron chi connectivity index (χ0n) is 18.4. The molecule has 9 heteroatoms. The third-order valence-corrected chi connectivity index (χ3v) is 7.64. The van der Waals surface area contributed by atoms with E-state index in [0.717, 1.165) is 20.2 Å². The summed E-state index contributed by atoms with van der Waals surface area (Å²) in [5.74, 6) is 1.85. The third-order valence-electron chi connectivity index (χ3n) is 4.38. The van der Waals surface area contributed by atoms with Gasteiger partial charge >= 0.3 is 0 Å². The Morgan fingerprint density at radius 1 is 0.969 bits per heavy atom. The number of thioether (sulfide) groups is 2. The summed E-state index contributed by atoms with van der Waals surface area (Å²) in [6.45, 7) is 5.57. The van der Waals surface area contributed by atoms with E-state index in [4.69, 9.17) is 4.74 Å². The van der Waals surface area contributed by atoms with Gasteiger partial charge in [0.15, 0.2) is 14.5 Å². The smallest absolute Gasteiger partial charge is 0.229 e. The number of ether oxygens (including phenoxy) is 1. The highest BCUT2D eigenvalue weighted by molar-refractivity contribution is 8.03. The minimum atomic E-state index is -0.474. The van der Waals surface area contributed by atoms with Gasteiger partial charge < -0.3 is 10.1 Å². The van der Waals surface area contributed by atoms with Crippen molar-refractivity contribution < 1.29 is 14.3 Å². The van der Waals surface area contributed by atoms with Gasteiger partial charge in [-0.05, 0) is 42.0 Å². The Morgan fingerprint density at radius 3 is 2.19 bits per heavy atom. The van der Waals surface area contributed by atoms with Crippen LogP contribution in [0, 0.1) is 5.41 Å². The number of aromatic nitrogens is 2. The number of hydrogen-bond donors (Lipinski definition) is 1. The van der Waals surface area contributed by atoms with Crippen LogP contribution in [0.1, 0.15) is 36.7 Å². The molecular weight excluding hydrogens is 462 g/mol. The molecule has 1 aromatic heterocycles. The average molecular weight is 488 g/mol. The number of ketones is 1. The van der Waals surface area contributed by atoms with E-state index in [2.05, 4.69) is 15.5 Å². The van der Waals surface area contributed by atoms with Gasteiger partial charge in [-0.3, -0.25) is 9.59 Å². The average Bonchev–Trinajstić information content (AvgIpc) is 3.24. The molecule has 6 nitrogen and oxygen atoms in total. The summed E-state index contributed by atoms with van der Waals surface area (Å²) in [6.07, 6.45) is 0. The Bertz CT molecular complexity index is 1060. The largest absolute Gasteiger partial charge is 0.497 e. The minimum Gasteiger partial charge on any atom is -0.497 e. The lowest BCUT2D eigenvalue weighted by Crippen LogP contribution is -2.27. The van der Waals surface area contributed by atoms with Crippen molar-refractivity contribution in [3.8, 4) is 5.75 Å². The normalized spacial score (nSPS) is 11.2. The fourth-order valence-corrected chi connectivity index (χ4v) is 5.32. The van der Waals surface area contributed by atoms with Gasteiger partial charge in [0.2, 0.25) is 5.91 Å². The van der Waals surface area contributed by atoms with Crippen LogP contribution < -0.4 is 10.1 Å². The lowest BCUT2D eigenvalue weighted by atomic mass is 9.95. The van der Waals surface area contributed by atoms with Crippen molar-refractivity contribution in [3.63, 3.8) is 0 Å². The van der Waals surface area contributed by atoms with E-state index >= 15 is 0 Å². The van der Waals surface area contributed by atoms with Crippen LogP contribution in [-0.4, -0.2) is 34.8 Å². The van der Waals surface area contributed by atoms with Gasteiger partial charge in [0.25, 0.3) is 0 Å². The van der Waals surface area contributed by atoms with Gasteiger partial charge in [-0.25, -0.2) is 0 Å². The Kier molecular flexibility index (Phi) is 8.33. The highest BCUT2D eigenvalue weighted by Crippen LogP contribution is 2.31. The predicted octanol–water partition coefficient (Wildman–Crippen LogP) is 5.80. The number of amides is 1. The highest BCUT2D eigenvalue weighted by atomic mass is 32.2. The molecule has 0 fully saturated rings. The van der Waals surface area contributed by atoms with Crippen LogP contribution in [0.15, 0.2) is 57.2 Å². The fourth-order valence-electron chi connectivity index (χ4n) is 2.45. The first-order chi connectivity index (χ1) is 15.2. The Labute approximate surface area is 200 Å². The molecule has 0 atom stereocenters. The molecule has 1 amide bonds. The van der Waals surface area contributed by atoms with Gasteiger partial charge in [-0.1, -0.05) is 67.8 Å². The molecule has 32 heavy (non-hydrogen) atoms. The number of benzene rings is 2. The molecular formula is C23H25N3O3S3. The van der Waals surface area contributed by atoms with Gasteiger partial charge in [0.05, 0.1) is 12.9 Å². The lowest BCUT2D eigenvalue weighted by Gasteiger charge is -2.17. The number of methoxy groups -OCH3 is 1. The molecule has 0 aliphatic heterocycles. The molecule has 1 heterocycles.